The fourth-order valence-corrected chi connectivity index (χ4v) is 3.42. The summed E-state index contributed by atoms with van der Waals surface area (Å²) in [5, 5.41) is 17.5. The topological polar surface area (TPSA) is 68.0 Å². The molecule has 0 amide bonds. The molecule has 1 aromatic heterocycles. The van der Waals surface area contributed by atoms with E-state index in [0.717, 1.165) is 29.9 Å². The minimum atomic E-state index is -0.817. The van der Waals surface area contributed by atoms with E-state index >= 15 is 0 Å². The highest BCUT2D eigenvalue weighted by Crippen LogP contribution is 2.29. The van der Waals surface area contributed by atoms with Gasteiger partial charge < -0.3 is 9.67 Å². The van der Waals surface area contributed by atoms with Gasteiger partial charge in [0.05, 0.1) is 5.75 Å². The van der Waals surface area contributed by atoms with Crippen molar-refractivity contribution >= 4 is 17.7 Å². The van der Waals surface area contributed by atoms with Crippen LogP contribution in [0.25, 0.3) is 0 Å². The van der Waals surface area contributed by atoms with Gasteiger partial charge in [-0.2, -0.15) is 0 Å². The van der Waals surface area contributed by atoms with Crippen LogP contribution < -0.4 is 0 Å². The molecule has 0 spiro atoms. The molecule has 1 fully saturated rings. The van der Waals surface area contributed by atoms with Crippen LogP contribution in [0.5, 0.6) is 0 Å². The summed E-state index contributed by atoms with van der Waals surface area (Å²) in [7, 11) is 0. The number of aliphatic carboxylic acids is 1. The zero-order valence-electron chi connectivity index (χ0n) is 11.3. The molecular formula is C13H21N3O2S. The van der Waals surface area contributed by atoms with Crippen molar-refractivity contribution in [2.24, 2.45) is 5.92 Å². The second-order valence-electron chi connectivity index (χ2n) is 5.16. The Labute approximate surface area is 117 Å². The van der Waals surface area contributed by atoms with Crippen molar-refractivity contribution in [2.45, 2.75) is 57.1 Å². The van der Waals surface area contributed by atoms with Crippen LogP contribution in [0.3, 0.4) is 0 Å². The van der Waals surface area contributed by atoms with E-state index in [1.165, 1.54) is 43.9 Å². The fraction of sp³-hybridized carbons (Fsp3) is 0.769. The molecule has 0 radical (unpaired) electrons. The molecule has 0 aliphatic heterocycles. The normalized spacial score (nSPS) is 16.1. The maximum absolute atomic E-state index is 10.6. The Bertz CT molecular complexity index is 428. The Hall–Kier alpha value is -1.04. The van der Waals surface area contributed by atoms with Crippen molar-refractivity contribution in [3.8, 4) is 0 Å². The minimum absolute atomic E-state index is 0.0424. The first-order chi connectivity index (χ1) is 9.16. The molecule has 1 saturated carbocycles. The van der Waals surface area contributed by atoms with Crippen LogP contribution in [0.1, 0.15) is 44.3 Å². The largest absolute Gasteiger partial charge is 0.481 e. The fourth-order valence-electron chi connectivity index (χ4n) is 2.69. The molecular weight excluding hydrogens is 262 g/mol. The first-order valence-electron chi connectivity index (χ1n) is 6.91. The second-order valence-corrected chi connectivity index (χ2v) is 6.10. The molecule has 6 heteroatoms. The van der Waals surface area contributed by atoms with Crippen LogP contribution in [-0.2, 0) is 11.3 Å². The van der Waals surface area contributed by atoms with E-state index in [-0.39, 0.29) is 5.75 Å². The maximum atomic E-state index is 10.6. The van der Waals surface area contributed by atoms with Crippen LogP contribution in [0.4, 0.5) is 0 Å². The van der Waals surface area contributed by atoms with Gasteiger partial charge in [0.1, 0.15) is 5.82 Å². The number of rotatable bonds is 7. The van der Waals surface area contributed by atoms with Gasteiger partial charge in [0.15, 0.2) is 5.16 Å². The molecule has 106 valence electrons. The van der Waals surface area contributed by atoms with E-state index in [1.807, 2.05) is 11.5 Å². The van der Waals surface area contributed by atoms with Crippen molar-refractivity contribution in [3.63, 3.8) is 0 Å². The van der Waals surface area contributed by atoms with Crippen LogP contribution in [0, 0.1) is 12.8 Å². The SMILES string of the molecule is Cc1nnc(SCC(=O)O)n1CCCC1CCCC1. The highest BCUT2D eigenvalue weighted by atomic mass is 32.2. The van der Waals surface area contributed by atoms with Gasteiger partial charge in [-0.1, -0.05) is 37.4 Å². The second kappa shape index (κ2) is 6.93. The molecule has 1 aromatic rings. The molecule has 1 heterocycles. The number of aryl methyl sites for hydroxylation is 1. The number of carbonyl (C=O) groups is 1. The highest BCUT2D eigenvalue weighted by molar-refractivity contribution is 7.99. The van der Waals surface area contributed by atoms with E-state index in [0.29, 0.717) is 0 Å². The summed E-state index contributed by atoms with van der Waals surface area (Å²) in [6.45, 7) is 2.82. The quantitative estimate of drug-likeness (QED) is 0.779. The Balaban J connectivity index is 1.83. The van der Waals surface area contributed by atoms with Crippen molar-refractivity contribution in [3.05, 3.63) is 5.82 Å². The van der Waals surface area contributed by atoms with Gasteiger partial charge in [-0.15, -0.1) is 10.2 Å². The van der Waals surface area contributed by atoms with Gasteiger partial charge in [0.2, 0.25) is 0 Å². The Morgan fingerprint density at radius 3 is 2.84 bits per heavy atom. The average molecular weight is 283 g/mol. The van der Waals surface area contributed by atoms with Crippen molar-refractivity contribution < 1.29 is 9.90 Å². The Morgan fingerprint density at radius 2 is 2.16 bits per heavy atom. The van der Waals surface area contributed by atoms with E-state index < -0.39 is 5.97 Å². The predicted molar refractivity (Wildman–Crippen MR) is 74.3 cm³/mol. The summed E-state index contributed by atoms with van der Waals surface area (Å²) < 4.78 is 2.04. The maximum Gasteiger partial charge on any atom is 0.313 e. The van der Waals surface area contributed by atoms with Gasteiger partial charge >= 0.3 is 5.97 Å². The lowest BCUT2D eigenvalue weighted by atomic mass is 10.0. The number of carboxylic acid groups (broad SMARTS) is 1. The molecule has 0 aromatic carbocycles. The van der Waals surface area contributed by atoms with E-state index in [2.05, 4.69) is 10.2 Å². The monoisotopic (exact) mass is 283 g/mol. The standard InChI is InChI=1S/C13H21N3O2S/c1-10-14-15-13(19-9-12(17)18)16(10)8-4-7-11-5-2-3-6-11/h11H,2-9H2,1H3,(H,17,18). The zero-order chi connectivity index (χ0) is 13.7. The summed E-state index contributed by atoms with van der Waals surface area (Å²) in [6.07, 6.45) is 7.92. The summed E-state index contributed by atoms with van der Waals surface area (Å²) in [5.41, 5.74) is 0. The van der Waals surface area contributed by atoms with Gasteiger partial charge in [-0.25, -0.2) is 0 Å². The first-order valence-corrected chi connectivity index (χ1v) is 7.90. The van der Waals surface area contributed by atoms with Crippen LogP contribution in [0.2, 0.25) is 0 Å². The lowest BCUT2D eigenvalue weighted by Gasteiger charge is -2.11. The van der Waals surface area contributed by atoms with Crippen LogP contribution in [-0.4, -0.2) is 31.6 Å². The molecule has 19 heavy (non-hydrogen) atoms. The van der Waals surface area contributed by atoms with Gasteiger partial charge in [-0.05, 0) is 25.7 Å². The molecule has 2 rings (SSSR count). The molecule has 1 N–H and O–H groups in total. The summed E-state index contributed by atoms with van der Waals surface area (Å²) >= 11 is 1.25. The average Bonchev–Trinajstić information content (AvgIpc) is 2.99. The van der Waals surface area contributed by atoms with Gasteiger partial charge in [-0.3, -0.25) is 4.79 Å². The number of nitrogens with zero attached hydrogens (tertiary/aromatic N) is 3. The zero-order valence-corrected chi connectivity index (χ0v) is 12.2. The van der Waals surface area contributed by atoms with Gasteiger partial charge in [0.25, 0.3) is 0 Å². The number of aromatic nitrogens is 3. The first kappa shape index (κ1) is 14.4. The Kier molecular flexibility index (Phi) is 5.24. The van der Waals surface area contributed by atoms with E-state index in [4.69, 9.17) is 5.11 Å². The summed E-state index contributed by atoms with van der Waals surface area (Å²) in [5.74, 6) is 0.996. The van der Waals surface area contributed by atoms with Crippen LogP contribution >= 0.6 is 11.8 Å². The summed E-state index contributed by atoms with van der Waals surface area (Å²) in [6, 6.07) is 0. The van der Waals surface area contributed by atoms with Crippen molar-refractivity contribution in [1.82, 2.24) is 14.8 Å². The third kappa shape index (κ3) is 4.23. The predicted octanol–water partition coefficient (Wildman–Crippen LogP) is 2.73. The van der Waals surface area contributed by atoms with Gasteiger partial charge in [0, 0.05) is 6.54 Å². The smallest absolute Gasteiger partial charge is 0.313 e. The third-order valence-electron chi connectivity index (χ3n) is 3.70. The molecule has 1 aliphatic carbocycles. The number of thioether (sulfide) groups is 1. The lowest BCUT2D eigenvalue weighted by Crippen LogP contribution is -2.06. The molecule has 0 bridgehead atoms. The highest BCUT2D eigenvalue weighted by Gasteiger charge is 2.15. The Morgan fingerprint density at radius 1 is 1.42 bits per heavy atom. The molecule has 0 saturated heterocycles. The van der Waals surface area contributed by atoms with Crippen molar-refractivity contribution in [2.75, 3.05) is 5.75 Å². The summed E-state index contributed by atoms with van der Waals surface area (Å²) in [4.78, 5) is 10.6. The molecule has 0 unspecified atom stereocenters. The number of carboxylic acids is 1. The molecule has 5 nitrogen and oxygen atoms in total. The number of hydrogen-bond donors (Lipinski definition) is 1. The van der Waals surface area contributed by atoms with E-state index in [1.54, 1.807) is 0 Å². The molecule has 0 atom stereocenters. The van der Waals surface area contributed by atoms with Crippen molar-refractivity contribution in [1.29, 1.82) is 0 Å². The van der Waals surface area contributed by atoms with E-state index in [9.17, 15) is 4.79 Å². The lowest BCUT2D eigenvalue weighted by molar-refractivity contribution is -0.133. The van der Waals surface area contributed by atoms with Crippen LogP contribution in [0.15, 0.2) is 5.16 Å². The molecule has 1 aliphatic rings. The minimum Gasteiger partial charge on any atom is -0.481 e. The third-order valence-corrected chi connectivity index (χ3v) is 4.65. The number of hydrogen-bond acceptors (Lipinski definition) is 4.